The number of piperidine rings is 1. The van der Waals surface area contributed by atoms with E-state index in [9.17, 15) is 9.59 Å². The minimum atomic E-state index is -0.311. The molecular weight excluding hydrogens is 280 g/mol. The summed E-state index contributed by atoms with van der Waals surface area (Å²) in [6.45, 7) is 5.37. The fraction of sp³-hybridized carbons (Fsp3) is 0.562. The van der Waals surface area contributed by atoms with Crippen LogP contribution < -0.4 is 10.6 Å². The number of likely N-dealkylation sites (tertiary alicyclic amines) is 1. The van der Waals surface area contributed by atoms with Gasteiger partial charge in [0.1, 0.15) is 6.04 Å². The summed E-state index contributed by atoms with van der Waals surface area (Å²) in [5.74, 6) is -0.0754. The van der Waals surface area contributed by atoms with Gasteiger partial charge in [0, 0.05) is 44.6 Å². The standard InChI is InChI=1S/C16H24N4O2/c1-12-11-17-7-6-14(12)18-8-9-19-16(22)15-5-3-4-10-20(15)13(2)21/h6-7,11,15H,3-5,8-10H2,1-2H3,(H,17,18)(H,19,22). The first-order valence-electron chi connectivity index (χ1n) is 7.79. The van der Waals surface area contributed by atoms with E-state index in [0.29, 0.717) is 19.6 Å². The molecule has 1 aromatic heterocycles. The second kappa shape index (κ2) is 7.77. The lowest BCUT2D eigenvalue weighted by atomic mass is 10.0. The van der Waals surface area contributed by atoms with E-state index in [-0.39, 0.29) is 17.9 Å². The van der Waals surface area contributed by atoms with Crippen LogP contribution in [-0.4, -0.2) is 47.4 Å². The Morgan fingerprint density at radius 3 is 2.91 bits per heavy atom. The molecule has 0 aliphatic carbocycles. The smallest absolute Gasteiger partial charge is 0.242 e. The Balaban J connectivity index is 1.77. The van der Waals surface area contributed by atoms with Crippen molar-refractivity contribution in [3.05, 3.63) is 24.0 Å². The molecule has 1 aliphatic heterocycles. The molecule has 22 heavy (non-hydrogen) atoms. The van der Waals surface area contributed by atoms with Crippen molar-refractivity contribution in [2.75, 3.05) is 25.0 Å². The third-order valence-corrected chi connectivity index (χ3v) is 3.97. The van der Waals surface area contributed by atoms with Crippen molar-refractivity contribution in [2.45, 2.75) is 39.2 Å². The number of aromatic nitrogens is 1. The zero-order chi connectivity index (χ0) is 15.9. The van der Waals surface area contributed by atoms with E-state index in [4.69, 9.17) is 0 Å². The molecule has 0 spiro atoms. The Kier molecular flexibility index (Phi) is 5.75. The minimum absolute atomic E-state index is 0.0228. The molecule has 1 saturated heterocycles. The largest absolute Gasteiger partial charge is 0.383 e. The van der Waals surface area contributed by atoms with Gasteiger partial charge in [-0.3, -0.25) is 14.6 Å². The zero-order valence-electron chi connectivity index (χ0n) is 13.3. The molecule has 6 heteroatoms. The van der Waals surface area contributed by atoms with E-state index in [1.807, 2.05) is 13.0 Å². The van der Waals surface area contributed by atoms with Gasteiger partial charge in [0.25, 0.3) is 0 Å². The number of carbonyl (C=O) groups is 2. The SMILES string of the molecule is CC(=O)N1CCCCC1C(=O)NCCNc1ccncc1C. The molecule has 0 bridgehead atoms. The topological polar surface area (TPSA) is 74.3 Å². The molecule has 0 radical (unpaired) electrons. The predicted molar refractivity (Wildman–Crippen MR) is 85.5 cm³/mol. The fourth-order valence-electron chi connectivity index (χ4n) is 2.75. The van der Waals surface area contributed by atoms with Crippen LogP contribution in [-0.2, 0) is 9.59 Å². The molecule has 1 fully saturated rings. The number of hydrogen-bond donors (Lipinski definition) is 2. The molecule has 120 valence electrons. The molecule has 1 unspecified atom stereocenters. The molecule has 1 aromatic rings. The lowest BCUT2D eigenvalue weighted by molar-refractivity contribution is -0.140. The molecule has 1 aliphatic rings. The van der Waals surface area contributed by atoms with Gasteiger partial charge in [-0.05, 0) is 37.8 Å². The summed E-state index contributed by atoms with van der Waals surface area (Å²) >= 11 is 0. The Labute approximate surface area is 131 Å². The second-order valence-corrected chi connectivity index (χ2v) is 5.63. The Bertz CT molecular complexity index is 533. The zero-order valence-corrected chi connectivity index (χ0v) is 13.3. The van der Waals surface area contributed by atoms with Crippen molar-refractivity contribution < 1.29 is 9.59 Å². The second-order valence-electron chi connectivity index (χ2n) is 5.63. The van der Waals surface area contributed by atoms with Crippen LogP contribution in [0.15, 0.2) is 18.5 Å². The van der Waals surface area contributed by atoms with E-state index in [1.54, 1.807) is 17.3 Å². The van der Waals surface area contributed by atoms with Gasteiger partial charge in [-0.15, -0.1) is 0 Å². The van der Waals surface area contributed by atoms with Crippen molar-refractivity contribution in [1.29, 1.82) is 0 Å². The third-order valence-electron chi connectivity index (χ3n) is 3.97. The van der Waals surface area contributed by atoms with Gasteiger partial charge < -0.3 is 15.5 Å². The number of pyridine rings is 1. The molecule has 2 heterocycles. The highest BCUT2D eigenvalue weighted by Crippen LogP contribution is 2.17. The Morgan fingerprint density at radius 2 is 2.18 bits per heavy atom. The highest BCUT2D eigenvalue weighted by Gasteiger charge is 2.29. The molecule has 2 rings (SSSR count). The number of anilines is 1. The molecule has 0 aromatic carbocycles. The van der Waals surface area contributed by atoms with Gasteiger partial charge in [0.15, 0.2) is 0 Å². The van der Waals surface area contributed by atoms with Gasteiger partial charge in [0.05, 0.1) is 0 Å². The summed E-state index contributed by atoms with van der Waals surface area (Å²) < 4.78 is 0. The van der Waals surface area contributed by atoms with E-state index in [2.05, 4.69) is 15.6 Å². The number of rotatable bonds is 5. The Morgan fingerprint density at radius 1 is 1.36 bits per heavy atom. The summed E-state index contributed by atoms with van der Waals surface area (Å²) in [6, 6.07) is 1.60. The lowest BCUT2D eigenvalue weighted by Crippen LogP contribution is -2.51. The summed E-state index contributed by atoms with van der Waals surface area (Å²) in [5.41, 5.74) is 2.09. The number of carbonyl (C=O) groups excluding carboxylic acids is 2. The Hall–Kier alpha value is -2.11. The molecule has 2 N–H and O–H groups in total. The predicted octanol–water partition coefficient (Wildman–Crippen LogP) is 1.32. The average molecular weight is 304 g/mol. The number of hydrogen-bond acceptors (Lipinski definition) is 4. The quantitative estimate of drug-likeness (QED) is 0.805. The van der Waals surface area contributed by atoms with Crippen molar-refractivity contribution in [1.82, 2.24) is 15.2 Å². The maximum absolute atomic E-state index is 12.2. The van der Waals surface area contributed by atoms with Crippen molar-refractivity contribution >= 4 is 17.5 Å². The number of aryl methyl sites for hydroxylation is 1. The number of nitrogens with zero attached hydrogens (tertiary/aromatic N) is 2. The summed E-state index contributed by atoms with van der Waals surface area (Å²) in [5, 5.41) is 6.19. The van der Waals surface area contributed by atoms with E-state index in [1.165, 1.54) is 6.92 Å². The first-order valence-corrected chi connectivity index (χ1v) is 7.79. The summed E-state index contributed by atoms with van der Waals surface area (Å²) in [4.78, 5) is 29.6. The molecular formula is C16H24N4O2. The van der Waals surface area contributed by atoms with E-state index < -0.39 is 0 Å². The van der Waals surface area contributed by atoms with Gasteiger partial charge in [-0.25, -0.2) is 0 Å². The van der Waals surface area contributed by atoms with Crippen LogP contribution in [0.25, 0.3) is 0 Å². The third kappa shape index (κ3) is 4.19. The first-order chi connectivity index (χ1) is 10.6. The van der Waals surface area contributed by atoms with E-state index in [0.717, 1.165) is 30.5 Å². The van der Waals surface area contributed by atoms with Gasteiger partial charge in [0.2, 0.25) is 11.8 Å². The van der Waals surface area contributed by atoms with Crippen molar-refractivity contribution in [3.63, 3.8) is 0 Å². The first kappa shape index (κ1) is 16.3. The maximum atomic E-state index is 12.2. The van der Waals surface area contributed by atoms with Crippen LogP contribution in [0.1, 0.15) is 31.7 Å². The van der Waals surface area contributed by atoms with Gasteiger partial charge in [-0.2, -0.15) is 0 Å². The highest BCUT2D eigenvalue weighted by molar-refractivity contribution is 5.87. The summed E-state index contributed by atoms with van der Waals surface area (Å²) in [6.07, 6.45) is 6.26. The lowest BCUT2D eigenvalue weighted by Gasteiger charge is -2.33. The van der Waals surface area contributed by atoms with Crippen molar-refractivity contribution in [2.24, 2.45) is 0 Å². The fourth-order valence-corrected chi connectivity index (χ4v) is 2.75. The van der Waals surface area contributed by atoms with Crippen LogP contribution in [0.2, 0.25) is 0 Å². The van der Waals surface area contributed by atoms with Gasteiger partial charge >= 0.3 is 0 Å². The van der Waals surface area contributed by atoms with Crippen LogP contribution in [0, 0.1) is 6.92 Å². The normalized spacial score (nSPS) is 17.9. The molecule has 0 saturated carbocycles. The van der Waals surface area contributed by atoms with Crippen LogP contribution in [0.5, 0.6) is 0 Å². The molecule has 6 nitrogen and oxygen atoms in total. The van der Waals surface area contributed by atoms with Crippen LogP contribution in [0.3, 0.4) is 0 Å². The van der Waals surface area contributed by atoms with Gasteiger partial charge in [-0.1, -0.05) is 0 Å². The van der Waals surface area contributed by atoms with Crippen LogP contribution in [0.4, 0.5) is 5.69 Å². The maximum Gasteiger partial charge on any atom is 0.242 e. The van der Waals surface area contributed by atoms with Crippen LogP contribution >= 0.6 is 0 Å². The highest BCUT2D eigenvalue weighted by atomic mass is 16.2. The average Bonchev–Trinajstić information content (AvgIpc) is 2.52. The molecule has 1 atom stereocenters. The van der Waals surface area contributed by atoms with E-state index >= 15 is 0 Å². The summed E-state index contributed by atoms with van der Waals surface area (Å²) in [7, 11) is 0. The minimum Gasteiger partial charge on any atom is -0.383 e. The number of amides is 2. The van der Waals surface area contributed by atoms with Crippen molar-refractivity contribution in [3.8, 4) is 0 Å². The number of nitrogens with one attached hydrogen (secondary N) is 2. The molecule has 2 amide bonds. The monoisotopic (exact) mass is 304 g/mol.